The Morgan fingerprint density at radius 3 is 2.76 bits per heavy atom. The molecule has 6 heteroatoms. The van der Waals surface area contributed by atoms with Gasteiger partial charge in [-0.05, 0) is 30.7 Å². The van der Waals surface area contributed by atoms with Gasteiger partial charge in [0.2, 0.25) is 5.76 Å². The van der Waals surface area contributed by atoms with Gasteiger partial charge in [-0.1, -0.05) is 6.07 Å². The average Bonchev–Trinajstić information content (AvgIpc) is 2.93. The second-order valence-corrected chi connectivity index (χ2v) is 5.39. The van der Waals surface area contributed by atoms with Gasteiger partial charge in [0.05, 0.1) is 18.9 Å². The molecular formula is C15H14O5S. The van der Waals surface area contributed by atoms with Gasteiger partial charge in [0, 0.05) is 16.2 Å². The molecule has 5 nitrogen and oxygen atoms in total. The van der Waals surface area contributed by atoms with E-state index in [9.17, 15) is 9.59 Å². The predicted octanol–water partition coefficient (Wildman–Crippen LogP) is 3.37. The van der Waals surface area contributed by atoms with Crippen LogP contribution < -0.4 is 0 Å². The lowest BCUT2D eigenvalue weighted by atomic mass is 10.1. The third-order valence-corrected chi connectivity index (χ3v) is 3.99. The maximum atomic E-state index is 11.5. The van der Waals surface area contributed by atoms with E-state index in [0.29, 0.717) is 16.9 Å². The molecule has 0 atom stereocenters. The molecule has 0 aliphatic carbocycles. The number of esters is 1. The number of carbonyl (C=O) groups is 2. The number of hydrogen-bond acceptors (Lipinski definition) is 5. The van der Waals surface area contributed by atoms with E-state index in [2.05, 4.69) is 4.74 Å². The van der Waals surface area contributed by atoms with Gasteiger partial charge < -0.3 is 14.3 Å². The fourth-order valence-corrected chi connectivity index (χ4v) is 2.72. The number of thioether (sulfide) groups is 1. The molecule has 0 radical (unpaired) electrons. The SMILES string of the molecule is COC(=O)c1occc1CSc1ccc(C)c(C(=O)O)c1. The number of hydrogen-bond donors (Lipinski definition) is 1. The molecule has 0 amide bonds. The van der Waals surface area contributed by atoms with Crippen molar-refractivity contribution in [3.05, 3.63) is 53.0 Å². The van der Waals surface area contributed by atoms with Gasteiger partial charge >= 0.3 is 11.9 Å². The van der Waals surface area contributed by atoms with Gasteiger partial charge in [-0.3, -0.25) is 0 Å². The van der Waals surface area contributed by atoms with Crippen LogP contribution in [0, 0.1) is 6.92 Å². The number of methoxy groups -OCH3 is 1. The lowest BCUT2D eigenvalue weighted by Gasteiger charge is -2.05. The summed E-state index contributed by atoms with van der Waals surface area (Å²) in [5, 5.41) is 9.11. The van der Waals surface area contributed by atoms with Crippen molar-refractivity contribution in [2.45, 2.75) is 17.6 Å². The Balaban J connectivity index is 2.14. The Kier molecular flexibility index (Phi) is 4.70. The second-order valence-electron chi connectivity index (χ2n) is 4.34. The van der Waals surface area contributed by atoms with Gasteiger partial charge in [0.15, 0.2) is 0 Å². The van der Waals surface area contributed by atoms with E-state index >= 15 is 0 Å². The van der Waals surface area contributed by atoms with Crippen LogP contribution in [0.15, 0.2) is 39.8 Å². The van der Waals surface area contributed by atoms with Crippen molar-refractivity contribution >= 4 is 23.7 Å². The van der Waals surface area contributed by atoms with Crippen molar-refractivity contribution in [2.75, 3.05) is 7.11 Å². The van der Waals surface area contributed by atoms with Crippen LogP contribution in [-0.4, -0.2) is 24.2 Å². The van der Waals surface area contributed by atoms with Crippen molar-refractivity contribution in [1.29, 1.82) is 0 Å². The van der Waals surface area contributed by atoms with Gasteiger partial charge in [0.25, 0.3) is 0 Å². The molecule has 1 aromatic carbocycles. The smallest absolute Gasteiger partial charge is 0.374 e. The predicted molar refractivity (Wildman–Crippen MR) is 77.7 cm³/mol. The summed E-state index contributed by atoms with van der Waals surface area (Å²) in [5.74, 6) is -0.807. The molecule has 0 unspecified atom stereocenters. The number of ether oxygens (including phenoxy) is 1. The topological polar surface area (TPSA) is 76.7 Å². The van der Waals surface area contributed by atoms with Crippen molar-refractivity contribution in [3.63, 3.8) is 0 Å². The first-order chi connectivity index (χ1) is 10.0. The maximum absolute atomic E-state index is 11.5. The molecule has 2 rings (SSSR count). The zero-order chi connectivity index (χ0) is 15.4. The minimum Gasteiger partial charge on any atom is -0.478 e. The Morgan fingerprint density at radius 2 is 2.10 bits per heavy atom. The Bertz CT molecular complexity index is 674. The normalized spacial score (nSPS) is 10.4. The number of carbonyl (C=O) groups excluding carboxylic acids is 1. The summed E-state index contributed by atoms with van der Waals surface area (Å²) in [5.41, 5.74) is 1.70. The minimum absolute atomic E-state index is 0.176. The number of furan rings is 1. The number of rotatable bonds is 5. The molecule has 0 spiro atoms. The molecule has 110 valence electrons. The molecule has 1 heterocycles. The van der Waals surface area contributed by atoms with E-state index < -0.39 is 11.9 Å². The molecule has 0 saturated heterocycles. The Labute approximate surface area is 125 Å². The molecule has 0 fully saturated rings. The van der Waals surface area contributed by atoms with Crippen molar-refractivity contribution < 1.29 is 23.8 Å². The summed E-state index contributed by atoms with van der Waals surface area (Å²) in [6, 6.07) is 6.94. The first kappa shape index (κ1) is 15.2. The highest BCUT2D eigenvalue weighted by Crippen LogP contribution is 2.27. The maximum Gasteiger partial charge on any atom is 0.374 e. The number of carboxylic acids is 1. The Hall–Kier alpha value is -2.21. The highest BCUT2D eigenvalue weighted by molar-refractivity contribution is 7.98. The van der Waals surface area contributed by atoms with Gasteiger partial charge in [0.1, 0.15) is 0 Å². The van der Waals surface area contributed by atoms with E-state index in [1.54, 1.807) is 25.1 Å². The quantitative estimate of drug-likeness (QED) is 0.674. The molecule has 1 aromatic heterocycles. The Morgan fingerprint density at radius 1 is 1.33 bits per heavy atom. The van der Waals surface area contributed by atoms with Crippen molar-refractivity contribution in [3.8, 4) is 0 Å². The largest absolute Gasteiger partial charge is 0.478 e. The van der Waals surface area contributed by atoms with Crippen molar-refractivity contribution in [2.24, 2.45) is 0 Å². The number of aromatic carboxylic acids is 1. The van der Waals surface area contributed by atoms with E-state index in [1.165, 1.54) is 25.1 Å². The number of aryl methyl sites for hydroxylation is 1. The lowest BCUT2D eigenvalue weighted by Crippen LogP contribution is -2.02. The highest BCUT2D eigenvalue weighted by atomic mass is 32.2. The molecule has 1 N–H and O–H groups in total. The zero-order valence-electron chi connectivity index (χ0n) is 11.6. The summed E-state index contributed by atoms with van der Waals surface area (Å²) in [4.78, 5) is 23.4. The fourth-order valence-electron chi connectivity index (χ4n) is 1.80. The summed E-state index contributed by atoms with van der Waals surface area (Å²) in [6.07, 6.45) is 1.43. The molecule has 0 saturated carbocycles. The fraction of sp³-hybridized carbons (Fsp3) is 0.200. The van der Waals surface area contributed by atoms with E-state index in [4.69, 9.17) is 9.52 Å². The van der Waals surface area contributed by atoms with Crippen LogP contribution >= 0.6 is 11.8 Å². The summed E-state index contributed by atoms with van der Waals surface area (Å²) < 4.78 is 9.74. The van der Waals surface area contributed by atoms with Gasteiger partial charge in [-0.25, -0.2) is 9.59 Å². The lowest BCUT2D eigenvalue weighted by molar-refractivity contribution is 0.0563. The average molecular weight is 306 g/mol. The third kappa shape index (κ3) is 3.46. The van der Waals surface area contributed by atoms with Crippen LogP contribution in [0.25, 0.3) is 0 Å². The summed E-state index contributed by atoms with van der Waals surface area (Å²) >= 11 is 1.43. The van der Waals surface area contributed by atoms with E-state index in [1.807, 2.05) is 6.07 Å². The molecule has 2 aromatic rings. The zero-order valence-corrected chi connectivity index (χ0v) is 12.4. The van der Waals surface area contributed by atoms with Crippen LogP contribution in [-0.2, 0) is 10.5 Å². The summed E-state index contributed by atoms with van der Waals surface area (Å²) in [7, 11) is 1.29. The molecule has 0 bridgehead atoms. The second kappa shape index (κ2) is 6.49. The molecular weight excluding hydrogens is 292 g/mol. The highest BCUT2D eigenvalue weighted by Gasteiger charge is 2.16. The van der Waals surface area contributed by atoms with Gasteiger partial charge in [-0.2, -0.15) is 0 Å². The van der Waals surface area contributed by atoms with E-state index in [0.717, 1.165) is 4.90 Å². The summed E-state index contributed by atoms with van der Waals surface area (Å²) in [6.45, 7) is 1.75. The first-order valence-corrected chi connectivity index (χ1v) is 7.13. The molecule has 0 aliphatic heterocycles. The molecule has 21 heavy (non-hydrogen) atoms. The van der Waals surface area contributed by atoms with Crippen LogP contribution in [0.1, 0.15) is 32.0 Å². The van der Waals surface area contributed by atoms with E-state index in [-0.39, 0.29) is 11.3 Å². The standard InChI is InChI=1S/C15H14O5S/c1-9-3-4-11(7-12(9)14(16)17)21-8-10-5-6-20-13(10)15(18)19-2/h3-7H,8H2,1-2H3,(H,16,17). The van der Waals surface area contributed by atoms with Crippen LogP contribution in [0.2, 0.25) is 0 Å². The first-order valence-electron chi connectivity index (χ1n) is 6.14. The van der Waals surface area contributed by atoms with Crippen LogP contribution in [0.3, 0.4) is 0 Å². The van der Waals surface area contributed by atoms with Crippen LogP contribution in [0.5, 0.6) is 0 Å². The number of carboxylic acid groups (broad SMARTS) is 1. The minimum atomic E-state index is -0.950. The van der Waals surface area contributed by atoms with Crippen molar-refractivity contribution in [1.82, 2.24) is 0 Å². The monoisotopic (exact) mass is 306 g/mol. The van der Waals surface area contributed by atoms with Gasteiger partial charge in [-0.15, -0.1) is 11.8 Å². The van der Waals surface area contributed by atoms with Crippen LogP contribution in [0.4, 0.5) is 0 Å². The number of benzene rings is 1. The third-order valence-electron chi connectivity index (χ3n) is 2.95. The molecule has 0 aliphatic rings.